The summed E-state index contributed by atoms with van der Waals surface area (Å²) < 4.78 is 24.5. The molecule has 7 heteroatoms. The Morgan fingerprint density at radius 1 is 1.24 bits per heavy atom. The van der Waals surface area contributed by atoms with E-state index in [1.165, 1.54) is 10.6 Å². The number of halogens is 1. The molecule has 21 heavy (non-hydrogen) atoms. The van der Waals surface area contributed by atoms with Crippen LogP contribution in [0.3, 0.4) is 0 Å². The molecule has 0 spiro atoms. The summed E-state index contributed by atoms with van der Waals surface area (Å²) in [6.45, 7) is 4.47. The largest absolute Gasteiger partial charge is 0.369 e. The third-order valence-electron chi connectivity index (χ3n) is 3.96. The van der Waals surface area contributed by atoms with Crippen LogP contribution in [0.15, 0.2) is 18.2 Å². The van der Waals surface area contributed by atoms with E-state index in [4.69, 9.17) is 11.6 Å². The van der Waals surface area contributed by atoms with Crippen molar-refractivity contribution in [2.45, 2.75) is 13.0 Å². The van der Waals surface area contributed by atoms with Gasteiger partial charge in [0.25, 0.3) is 0 Å². The van der Waals surface area contributed by atoms with Crippen molar-refractivity contribution in [3.63, 3.8) is 0 Å². The number of rotatable bonds is 4. The predicted octanol–water partition coefficient (Wildman–Crippen LogP) is 1.70. The molecular formula is C14H22ClN3O2S. The summed E-state index contributed by atoms with van der Waals surface area (Å²) >= 11 is 6.35. The van der Waals surface area contributed by atoms with Crippen molar-refractivity contribution >= 4 is 27.3 Å². The van der Waals surface area contributed by atoms with Gasteiger partial charge in [-0.1, -0.05) is 17.7 Å². The van der Waals surface area contributed by atoms with Crippen LogP contribution in [0.5, 0.6) is 0 Å². The Labute approximate surface area is 131 Å². The Hall–Kier alpha value is -0.820. The van der Waals surface area contributed by atoms with Crippen LogP contribution < -0.4 is 10.2 Å². The number of sulfonamides is 1. The monoisotopic (exact) mass is 331 g/mol. The highest BCUT2D eigenvalue weighted by molar-refractivity contribution is 7.88. The molecule has 5 nitrogen and oxygen atoms in total. The Morgan fingerprint density at radius 3 is 2.33 bits per heavy atom. The van der Waals surface area contributed by atoms with Gasteiger partial charge in [-0.05, 0) is 31.7 Å². The fraction of sp³-hybridized carbons (Fsp3) is 0.571. The van der Waals surface area contributed by atoms with Crippen molar-refractivity contribution in [1.82, 2.24) is 9.62 Å². The van der Waals surface area contributed by atoms with Crippen LogP contribution in [-0.2, 0) is 10.0 Å². The topological polar surface area (TPSA) is 52.6 Å². The molecule has 0 aromatic heterocycles. The molecule has 1 aromatic carbocycles. The molecule has 0 aliphatic carbocycles. The zero-order chi connectivity index (χ0) is 15.6. The molecule has 1 aliphatic rings. The summed E-state index contributed by atoms with van der Waals surface area (Å²) in [4.78, 5) is 2.17. The fourth-order valence-corrected chi connectivity index (χ4v) is 3.66. The normalized spacial score (nSPS) is 18.8. The summed E-state index contributed by atoms with van der Waals surface area (Å²) in [6.07, 6.45) is 1.26. The standard InChI is InChI=1S/C14H22ClN3O2S/c1-11(16-2)13-5-4-12(10-14(13)15)17-6-8-18(9-7-17)21(3,19)20/h4-5,10-11,16H,6-9H2,1-3H3. The van der Waals surface area contributed by atoms with Gasteiger partial charge in [-0.2, -0.15) is 4.31 Å². The first-order valence-electron chi connectivity index (χ1n) is 6.99. The van der Waals surface area contributed by atoms with Crippen molar-refractivity contribution < 1.29 is 8.42 Å². The SMILES string of the molecule is CNC(C)c1ccc(N2CCN(S(C)(=O)=O)CC2)cc1Cl. The van der Waals surface area contributed by atoms with Crippen LogP contribution in [0, 0.1) is 0 Å². The molecule has 1 N–H and O–H groups in total. The molecule has 1 heterocycles. The number of benzene rings is 1. The van der Waals surface area contributed by atoms with Gasteiger partial charge < -0.3 is 10.2 Å². The van der Waals surface area contributed by atoms with Crippen LogP contribution in [0.25, 0.3) is 0 Å². The number of hydrogen-bond acceptors (Lipinski definition) is 4. The highest BCUT2D eigenvalue weighted by Crippen LogP contribution is 2.28. The van der Waals surface area contributed by atoms with Crippen molar-refractivity contribution in [3.05, 3.63) is 28.8 Å². The van der Waals surface area contributed by atoms with Gasteiger partial charge >= 0.3 is 0 Å². The lowest BCUT2D eigenvalue weighted by Crippen LogP contribution is -2.48. The first-order valence-corrected chi connectivity index (χ1v) is 9.22. The number of piperazine rings is 1. The van der Waals surface area contributed by atoms with E-state index in [0.29, 0.717) is 26.2 Å². The highest BCUT2D eigenvalue weighted by atomic mass is 35.5. The first kappa shape index (κ1) is 16.5. The maximum absolute atomic E-state index is 11.5. The highest BCUT2D eigenvalue weighted by Gasteiger charge is 2.23. The minimum absolute atomic E-state index is 0.202. The van der Waals surface area contributed by atoms with E-state index >= 15 is 0 Å². The molecule has 0 bridgehead atoms. The zero-order valence-electron chi connectivity index (χ0n) is 12.6. The molecule has 1 saturated heterocycles. The summed E-state index contributed by atoms with van der Waals surface area (Å²) in [5.41, 5.74) is 2.11. The van der Waals surface area contributed by atoms with Crippen LogP contribution in [0.1, 0.15) is 18.5 Å². The first-order chi connectivity index (χ1) is 9.82. The van der Waals surface area contributed by atoms with Gasteiger partial charge in [0.1, 0.15) is 0 Å². The third-order valence-corrected chi connectivity index (χ3v) is 5.59. The third kappa shape index (κ3) is 3.88. The molecule has 1 aromatic rings. The molecule has 0 saturated carbocycles. The molecule has 0 amide bonds. The van der Waals surface area contributed by atoms with Gasteiger partial charge in [0.05, 0.1) is 6.26 Å². The molecular weight excluding hydrogens is 310 g/mol. The molecule has 118 valence electrons. The van der Waals surface area contributed by atoms with Crippen LogP contribution in [0.2, 0.25) is 5.02 Å². The quantitative estimate of drug-likeness (QED) is 0.912. The maximum atomic E-state index is 11.5. The summed E-state index contributed by atoms with van der Waals surface area (Å²) in [5, 5.41) is 3.91. The second kappa shape index (κ2) is 6.52. The van der Waals surface area contributed by atoms with Crippen molar-refractivity contribution in [3.8, 4) is 0 Å². The van der Waals surface area contributed by atoms with Crippen molar-refractivity contribution in [1.29, 1.82) is 0 Å². The smallest absolute Gasteiger partial charge is 0.211 e. The lowest BCUT2D eigenvalue weighted by molar-refractivity contribution is 0.388. The van der Waals surface area contributed by atoms with Crippen LogP contribution in [0.4, 0.5) is 5.69 Å². The van der Waals surface area contributed by atoms with E-state index in [0.717, 1.165) is 16.3 Å². The fourth-order valence-electron chi connectivity index (χ4n) is 2.50. The predicted molar refractivity (Wildman–Crippen MR) is 87.6 cm³/mol. The van der Waals surface area contributed by atoms with E-state index in [-0.39, 0.29) is 6.04 Å². The second-order valence-corrected chi connectivity index (χ2v) is 7.75. The summed E-state index contributed by atoms with van der Waals surface area (Å²) in [6, 6.07) is 6.24. The van der Waals surface area contributed by atoms with Gasteiger partial charge in [-0.25, -0.2) is 8.42 Å². The maximum Gasteiger partial charge on any atom is 0.211 e. The number of hydrogen-bond donors (Lipinski definition) is 1. The summed E-state index contributed by atoms with van der Waals surface area (Å²) in [7, 11) is -1.19. The Morgan fingerprint density at radius 2 is 1.86 bits per heavy atom. The van der Waals surface area contributed by atoms with Gasteiger partial charge in [0.2, 0.25) is 10.0 Å². The lowest BCUT2D eigenvalue weighted by atomic mass is 10.1. The molecule has 1 unspecified atom stereocenters. The number of nitrogens with one attached hydrogen (secondary N) is 1. The van der Waals surface area contributed by atoms with E-state index in [9.17, 15) is 8.42 Å². The lowest BCUT2D eigenvalue weighted by Gasteiger charge is -2.35. The molecule has 1 aliphatic heterocycles. The van der Waals surface area contributed by atoms with Gasteiger partial charge in [-0.15, -0.1) is 0 Å². The minimum atomic E-state index is -3.09. The van der Waals surface area contributed by atoms with Gasteiger partial charge in [0, 0.05) is 42.9 Å². The van der Waals surface area contributed by atoms with E-state index in [1.54, 1.807) is 0 Å². The van der Waals surface area contributed by atoms with E-state index < -0.39 is 10.0 Å². The molecule has 2 rings (SSSR count). The number of nitrogens with zero attached hydrogens (tertiary/aromatic N) is 2. The van der Waals surface area contributed by atoms with Gasteiger partial charge in [0.15, 0.2) is 0 Å². The van der Waals surface area contributed by atoms with Crippen LogP contribution in [-0.4, -0.2) is 52.2 Å². The van der Waals surface area contributed by atoms with Gasteiger partial charge in [-0.3, -0.25) is 0 Å². The second-order valence-electron chi connectivity index (χ2n) is 5.37. The molecule has 0 radical (unpaired) electrons. The number of anilines is 1. The minimum Gasteiger partial charge on any atom is -0.369 e. The Bertz CT molecular complexity index is 598. The molecule has 1 fully saturated rings. The van der Waals surface area contributed by atoms with E-state index in [2.05, 4.69) is 17.1 Å². The van der Waals surface area contributed by atoms with Crippen LogP contribution >= 0.6 is 11.6 Å². The van der Waals surface area contributed by atoms with E-state index in [1.807, 2.05) is 25.2 Å². The Kier molecular flexibility index (Phi) is 5.14. The summed E-state index contributed by atoms with van der Waals surface area (Å²) in [5.74, 6) is 0. The van der Waals surface area contributed by atoms with Crippen molar-refractivity contribution in [2.75, 3.05) is 44.4 Å². The average Bonchev–Trinajstić information content (AvgIpc) is 2.45. The Balaban J connectivity index is 2.09. The average molecular weight is 332 g/mol. The zero-order valence-corrected chi connectivity index (χ0v) is 14.2. The van der Waals surface area contributed by atoms with Crippen molar-refractivity contribution in [2.24, 2.45) is 0 Å². The molecule has 1 atom stereocenters.